The van der Waals surface area contributed by atoms with E-state index in [1.807, 2.05) is 36.4 Å². The Morgan fingerprint density at radius 1 is 0.833 bits per heavy atom. The van der Waals surface area contributed by atoms with Crippen molar-refractivity contribution in [1.82, 2.24) is 0 Å². The van der Waals surface area contributed by atoms with Crippen LogP contribution in [0.4, 0.5) is 4.39 Å². The summed E-state index contributed by atoms with van der Waals surface area (Å²) in [5, 5.41) is 21.9. The lowest BCUT2D eigenvalue weighted by Gasteiger charge is -2.08. The van der Waals surface area contributed by atoms with Crippen LogP contribution < -0.4 is 5.46 Å². The third-order valence-electron chi connectivity index (χ3n) is 3.09. The number of hydrogen-bond donors (Lipinski definition) is 2. The van der Waals surface area contributed by atoms with Crippen LogP contribution in [0.2, 0.25) is 0 Å². The Balaban J connectivity index is 2.45. The first-order valence-electron chi connectivity index (χ1n) is 5.63. The Kier molecular flexibility index (Phi) is 2.54. The third kappa shape index (κ3) is 1.76. The lowest BCUT2D eigenvalue weighted by Crippen LogP contribution is -2.30. The molecule has 0 heterocycles. The second kappa shape index (κ2) is 4.08. The van der Waals surface area contributed by atoms with Crippen molar-refractivity contribution < 1.29 is 14.4 Å². The fraction of sp³-hybridized carbons (Fsp3) is 0. The second-order valence-corrected chi connectivity index (χ2v) is 4.29. The van der Waals surface area contributed by atoms with E-state index in [1.165, 1.54) is 6.07 Å². The fourth-order valence-corrected chi connectivity index (χ4v) is 2.26. The van der Waals surface area contributed by atoms with Crippen molar-refractivity contribution in [2.45, 2.75) is 0 Å². The van der Waals surface area contributed by atoms with Crippen molar-refractivity contribution in [2.75, 3.05) is 0 Å². The Bertz CT molecular complexity index is 740. The molecular formula is C14H10BFO2. The van der Waals surface area contributed by atoms with E-state index in [2.05, 4.69) is 0 Å². The van der Waals surface area contributed by atoms with E-state index < -0.39 is 12.9 Å². The van der Waals surface area contributed by atoms with E-state index in [-0.39, 0.29) is 5.46 Å². The summed E-state index contributed by atoms with van der Waals surface area (Å²) in [6.07, 6.45) is 0. The van der Waals surface area contributed by atoms with Gasteiger partial charge < -0.3 is 10.0 Å². The second-order valence-electron chi connectivity index (χ2n) is 4.29. The zero-order valence-corrected chi connectivity index (χ0v) is 9.47. The van der Waals surface area contributed by atoms with Gasteiger partial charge in [-0.25, -0.2) is 4.39 Å². The van der Waals surface area contributed by atoms with Crippen molar-refractivity contribution in [2.24, 2.45) is 0 Å². The van der Waals surface area contributed by atoms with Gasteiger partial charge in [0.2, 0.25) is 0 Å². The topological polar surface area (TPSA) is 40.5 Å². The molecule has 0 amide bonds. The first-order chi connectivity index (χ1) is 8.65. The maximum absolute atomic E-state index is 13.4. The summed E-state index contributed by atoms with van der Waals surface area (Å²) in [5.41, 5.74) is 0.191. The summed E-state index contributed by atoms with van der Waals surface area (Å²) in [6, 6.07) is 13.9. The number of benzene rings is 3. The molecule has 2 N–H and O–H groups in total. The first-order valence-corrected chi connectivity index (χ1v) is 5.63. The molecule has 88 valence electrons. The third-order valence-corrected chi connectivity index (χ3v) is 3.09. The molecule has 0 spiro atoms. The Morgan fingerprint density at radius 2 is 1.50 bits per heavy atom. The molecule has 0 aromatic heterocycles. The summed E-state index contributed by atoms with van der Waals surface area (Å²) >= 11 is 0. The Labute approximate surface area is 103 Å². The van der Waals surface area contributed by atoms with Gasteiger partial charge in [0, 0.05) is 0 Å². The molecule has 0 saturated carbocycles. The molecule has 0 bridgehead atoms. The van der Waals surface area contributed by atoms with Gasteiger partial charge in [-0.3, -0.25) is 0 Å². The highest BCUT2D eigenvalue weighted by atomic mass is 19.1. The molecule has 0 aliphatic rings. The predicted octanol–water partition coefficient (Wildman–Crippen LogP) is 1.81. The van der Waals surface area contributed by atoms with Crippen LogP contribution in [0.5, 0.6) is 0 Å². The first kappa shape index (κ1) is 11.2. The number of rotatable bonds is 1. The molecule has 0 fully saturated rings. The summed E-state index contributed by atoms with van der Waals surface area (Å²) in [4.78, 5) is 0. The van der Waals surface area contributed by atoms with Crippen molar-refractivity contribution in [3.63, 3.8) is 0 Å². The number of halogens is 1. The molecule has 0 saturated heterocycles. The van der Waals surface area contributed by atoms with Gasteiger partial charge in [0.05, 0.1) is 0 Å². The molecule has 3 aromatic rings. The predicted molar refractivity (Wildman–Crippen MR) is 71.2 cm³/mol. The van der Waals surface area contributed by atoms with Crippen molar-refractivity contribution in [1.29, 1.82) is 0 Å². The zero-order valence-electron chi connectivity index (χ0n) is 9.47. The molecule has 0 unspecified atom stereocenters. The minimum Gasteiger partial charge on any atom is -0.423 e. The van der Waals surface area contributed by atoms with E-state index in [4.69, 9.17) is 0 Å². The lowest BCUT2D eigenvalue weighted by atomic mass is 9.76. The molecule has 2 nitrogen and oxygen atoms in total. The largest absolute Gasteiger partial charge is 0.489 e. The van der Waals surface area contributed by atoms with Gasteiger partial charge in [-0.15, -0.1) is 0 Å². The van der Waals surface area contributed by atoms with E-state index in [1.54, 1.807) is 0 Å². The van der Waals surface area contributed by atoms with E-state index in [0.29, 0.717) is 10.8 Å². The summed E-state index contributed by atoms with van der Waals surface area (Å²) in [7, 11) is -1.68. The average Bonchev–Trinajstić information content (AvgIpc) is 2.35. The average molecular weight is 240 g/mol. The van der Waals surface area contributed by atoms with Crippen LogP contribution >= 0.6 is 0 Å². The van der Waals surface area contributed by atoms with Crippen LogP contribution in [0.25, 0.3) is 21.5 Å². The molecule has 0 atom stereocenters. The fourth-order valence-electron chi connectivity index (χ4n) is 2.26. The standard InChI is InChI=1S/C14H10BFO2/c16-12-6-11-5-9-3-1-2-4-10(9)7-13(11)14(8-12)15(17)18/h1-8,17-18H. The van der Waals surface area contributed by atoms with Gasteiger partial charge in [-0.05, 0) is 51.3 Å². The van der Waals surface area contributed by atoms with Gasteiger partial charge in [0.1, 0.15) is 5.82 Å². The molecule has 3 aromatic carbocycles. The Morgan fingerprint density at radius 3 is 2.17 bits per heavy atom. The molecule has 0 radical (unpaired) electrons. The smallest absolute Gasteiger partial charge is 0.423 e. The quantitative estimate of drug-likeness (QED) is 0.503. The maximum Gasteiger partial charge on any atom is 0.489 e. The van der Waals surface area contributed by atoms with E-state index in [0.717, 1.165) is 16.8 Å². The molecule has 3 rings (SSSR count). The van der Waals surface area contributed by atoms with E-state index >= 15 is 0 Å². The normalized spacial score (nSPS) is 11.1. The van der Waals surface area contributed by atoms with Gasteiger partial charge >= 0.3 is 7.12 Å². The summed E-state index contributed by atoms with van der Waals surface area (Å²) in [5.74, 6) is -0.471. The minimum absolute atomic E-state index is 0.191. The minimum atomic E-state index is -1.68. The van der Waals surface area contributed by atoms with Crippen LogP contribution in [-0.4, -0.2) is 17.2 Å². The van der Waals surface area contributed by atoms with Crippen molar-refractivity contribution in [3.05, 3.63) is 54.3 Å². The highest BCUT2D eigenvalue weighted by molar-refractivity contribution is 6.62. The van der Waals surface area contributed by atoms with Gasteiger partial charge in [-0.2, -0.15) is 0 Å². The summed E-state index contributed by atoms with van der Waals surface area (Å²) in [6.45, 7) is 0. The van der Waals surface area contributed by atoms with Gasteiger partial charge in [0.15, 0.2) is 0 Å². The summed E-state index contributed by atoms with van der Waals surface area (Å²) < 4.78 is 13.4. The highest BCUT2D eigenvalue weighted by Crippen LogP contribution is 2.22. The number of hydrogen-bond acceptors (Lipinski definition) is 2. The molecule has 18 heavy (non-hydrogen) atoms. The number of fused-ring (bicyclic) bond motifs is 2. The van der Waals surface area contributed by atoms with Crippen LogP contribution in [0.15, 0.2) is 48.5 Å². The monoisotopic (exact) mass is 240 g/mol. The van der Waals surface area contributed by atoms with E-state index in [9.17, 15) is 14.4 Å². The molecule has 0 aliphatic carbocycles. The molecular weight excluding hydrogens is 230 g/mol. The van der Waals surface area contributed by atoms with Crippen LogP contribution in [0.3, 0.4) is 0 Å². The van der Waals surface area contributed by atoms with Crippen LogP contribution in [-0.2, 0) is 0 Å². The lowest BCUT2D eigenvalue weighted by molar-refractivity contribution is 0.426. The van der Waals surface area contributed by atoms with Gasteiger partial charge in [0.25, 0.3) is 0 Å². The maximum atomic E-state index is 13.4. The van der Waals surface area contributed by atoms with Crippen LogP contribution in [0.1, 0.15) is 0 Å². The van der Waals surface area contributed by atoms with Crippen molar-refractivity contribution >= 4 is 34.1 Å². The van der Waals surface area contributed by atoms with Crippen LogP contribution in [0, 0.1) is 5.82 Å². The SMILES string of the molecule is OB(O)c1cc(F)cc2cc3ccccc3cc12. The highest BCUT2D eigenvalue weighted by Gasteiger charge is 2.16. The molecule has 0 aliphatic heterocycles. The molecule has 4 heteroatoms. The van der Waals surface area contributed by atoms with Gasteiger partial charge in [-0.1, -0.05) is 24.3 Å². The zero-order chi connectivity index (χ0) is 12.7. The van der Waals surface area contributed by atoms with Crippen molar-refractivity contribution in [3.8, 4) is 0 Å². The Hall–Kier alpha value is -1.91.